The Kier molecular flexibility index (Phi) is 12.0. The molecule has 0 bridgehead atoms. The maximum Gasteiger partial charge on any atom is 0.246 e. The first-order valence-corrected chi connectivity index (χ1v) is 17.7. The number of likely N-dealkylation sites (N-methyl/N-ethyl adjacent to an activating group) is 1. The summed E-state index contributed by atoms with van der Waals surface area (Å²) in [4.78, 5) is 56.1. The summed E-state index contributed by atoms with van der Waals surface area (Å²) < 4.78 is 28.3. The molecule has 284 valence electrons. The number of fused-ring (bicyclic) bond motifs is 4. The van der Waals surface area contributed by atoms with Gasteiger partial charge in [-0.25, -0.2) is 0 Å². The fraction of sp³-hybridized carbons (Fsp3) is 0.450. The summed E-state index contributed by atoms with van der Waals surface area (Å²) in [5, 5.41) is 9.02. The van der Waals surface area contributed by atoms with Crippen molar-refractivity contribution in [1.82, 2.24) is 15.5 Å². The highest BCUT2D eigenvalue weighted by molar-refractivity contribution is 5.92. The minimum absolute atomic E-state index is 0.0587. The van der Waals surface area contributed by atoms with E-state index < -0.39 is 18.1 Å². The first-order chi connectivity index (χ1) is 25.4. The zero-order valence-electron chi connectivity index (χ0n) is 31.9. The number of amides is 3. The van der Waals surface area contributed by atoms with Crippen molar-refractivity contribution in [3.05, 3.63) is 68.9 Å². The van der Waals surface area contributed by atoms with Crippen molar-refractivity contribution in [2.75, 3.05) is 47.9 Å². The van der Waals surface area contributed by atoms with Crippen LogP contribution in [0.15, 0.2) is 41.2 Å². The van der Waals surface area contributed by atoms with Crippen LogP contribution in [0.25, 0.3) is 11.1 Å². The van der Waals surface area contributed by atoms with E-state index in [-0.39, 0.29) is 47.7 Å². The Bertz CT molecular complexity index is 1950. The predicted octanol–water partition coefficient (Wildman–Crippen LogP) is 4.41. The average molecular weight is 731 g/mol. The lowest BCUT2D eigenvalue weighted by atomic mass is 9.91. The van der Waals surface area contributed by atoms with Gasteiger partial charge in [-0.3, -0.25) is 19.2 Å². The van der Waals surface area contributed by atoms with Crippen LogP contribution in [0.4, 0.5) is 5.69 Å². The molecule has 1 aliphatic carbocycles. The minimum atomic E-state index is -0.851. The molecule has 0 unspecified atom stereocenters. The molecule has 0 saturated carbocycles. The molecule has 0 saturated heterocycles. The lowest BCUT2D eigenvalue weighted by Gasteiger charge is -2.38. The number of carbonyl (C=O) groups is 3. The largest absolute Gasteiger partial charge is 0.493 e. The van der Waals surface area contributed by atoms with E-state index in [9.17, 15) is 19.2 Å². The summed E-state index contributed by atoms with van der Waals surface area (Å²) >= 11 is 0. The number of carbonyl (C=O) groups excluding carboxylic acids is 3. The first-order valence-electron chi connectivity index (χ1n) is 17.7. The quantitative estimate of drug-likeness (QED) is 0.244. The van der Waals surface area contributed by atoms with Crippen LogP contribution in [0.1, 0.15) is 61.9 Å². The standard InChI is InChI=1S/C40H50N4O9/c1-21(2)14-30(40(48)44-20-25-18-34(50-6)33(49-5)17-24(25)15-31(44)39(47)41-4)43-29-13-11-26-27(19-32(29)46)28(42-22(3)45)12-10-23-16-35(51-7)37(52-8)38(53-9)36(23)26/h11,13,16-19,21,28,30-31H,10,12,14-15,20H2,1-9H3,(H,41,47)(H,42,45)(H,43,46)/t28-,30-,31-/m0/s1. The zero-order chi connectivity index (χ0) is 38.6. The number of nitrogens with one attached hydrogen (secondary N) is 3. The number of nitrogens with zero attached hydrogens (tertiary/aromatic N) is 1. The number of benzene rings is 2. The minimum Gasteiger partial charge on any atom is -0.493 e. The molecular formula is C40H50N4O9. The van der Waals surface area contributed by atoms with Crippen LogP contribution < -0.4 is 45.1 Å². The average Bonchev–Trinajstić information content (AvgIpc) is 3.39. The van der Waals surface area contributed by atoms with Crippen LogP contribution in [-0.4, -0.2) is 77.3 Å². The van der Waals surface area contributed by atoms with E-state index in [1.165, 1.54) is 20.1 Å². The van der Waals surface area contributed by atoms with Gasteiger partial charge in [-0.2, -0.15) is 0 Å². The van der Waals surface area contributed by atoms with Crippen molar-refractivity contribution in [3.8, 4) is 39.9 Å². The molecule has 13 heteroatoms. The van der Waals surface area contributed by atoms with E-state index in [0.29, 0.717) is 59.1 Å². The van der Waals surface area contributed by atoms with Gasteiger partial charge < -0.3 is 44.5 Å². The van der Waals surface area contributed by atoms with Gasteiger partial charge in [0.15, 0.2) is 23.0 Å². The summed E-state index contributed by atoms with van der Waals surface area (Å²) in [6.45, 7) is 5.59. The lowest BCUT2D eigenvalue weighted by Crippen LogP contribution is -2.56. The summed E-state index contributed by atoms with van der Waals surface area (Å²) in [6, 6.07) is 8.44. The molecule has 3 aromatic rings. The van der Waals surface area contributed by atoms with Crippen LogP contribution in [0.3, 0.4) is 0 Å². The summed E-state index contributed by atoms with van der Waals surface area (Å²) in [6.07, 6.45) is 1.72. The van der Waals surface area contributed by atoms with Gasteiger partial charge in [0, 0.05) is 32.5 Å². The van der Waals surface area contributed by atoms with E-state index >= 15 is 0 Å². The van der Waals surface area contributed by atoms with Crippen LogP contribution in [0.2, 0.25) is 0 Å². The Morgan fingerprint density at radius 1 is 0.849 bits per heavy atom. The molecule has 3 aromatic carbocycles. The second kappa shape index (κ2) is 16.5. The highest BCUT2D eigenvalue weighted by Gasteiger charge is 2.38. The molecule has 53 heavy (non-hydrogen) atoms. The second-order valence-electron chi connectivity index (χ2n) is 13.7. The monoisotopic (exact) mass is 730 g/mol. The van der Waals surface area contributed by atoms with Crippen molar-refractivity contribution in [1.29, 1.82) is 0 Å². The molecule has 0 fully saturated rings. The topological polar surface area (TPSA) is 154 Å². The molecule has 0 radical (unpaired) electrons. The number of hydrogen-bond acceptors (Lipinski definition) is 10. The summed E-state index contributed by atoms with van der Waals surface area (Å²) in [5.41, 5.74) is 4.43. The van der Waals surface area contributed by atoms with Gasteiger partial charge in [0.2, 0.25) is 28.9 Å². The van der Waals surface area contributed by atoms with Crippen molar-refractivity contribution in [3.63, 3.8) is 0 Å². The molecule has 13 nitrogen and oxygen atoms in total. The fourth-order valence-corrected chi connectivity index (χ4v) is 7.45. The van der Waals surface area contributed by atoms with Gasteiger partial charge in [-0.1, -0.05) is 19.9 Å². The Morgan fingerprint density at radius 3 is 2.08 bits per heavy atom. The van der Waals surface area contributed by atoms with E-state index in [1.54, 1.807) is 46.5 Å². The number of hydrogen-bond donors (Lipinski definition) is 3. The summed E-state index contributed by atoms with van der Waals surface area (Å²) in [5.74, 6) is 1.60. The molecular weight excluding hydrogens is 680 g/mol. The molecule has 0 aromatic heterocycles. The van der Waals surface area contributed by atoms with Crippen molar-refractivity contribution >= 4 is 23.4 Å². The maximum absolute atomic E-state index is 14.6. The van der Waals surface area contributed by atoms with Crippen LogP contribution in [0, 0.1) is 5.92 Å². The van der Waals surface area contributed by atoms with E-state index in [4.69, 9.17) is 23.7 Å². The Labute approximate surface area is 310 Å². The number of aryl methyl sites for hydroxylation is 1. The molecule has 1 heterocycles. The molecule has 3 N–H and O–H groups in total. The van der Waals surface area contributed by atoms with Crippen molar-refractivity contribution in [2.45, 2.75) is 71.1 Å². The molecule has 0 spiro atoms. The Morgan fingerprint density at radius 2 is 1.49 bits per heavy atom. The third-order valence-corrected chi connectivity index (χ3v) is 9.92. The highest BCUT2D eigenvalue weighted by Crippen LogP contribution is 2.50. The fourth-order valence-electron chi connectivity index (χ4n) is 7.45. The smallest absolute Gasteiger partial charge is 0.246 e. The third kappa shape index (κ3) is 7.84. The number of ether oxygens (including phenoxy) is 5. The first kappa shape index (κ1) is 38.8. The molecule has 5 rings (SSSR count). The maximum atomic E-state index is 14.6. The van der Waals surface area contributed by atoms with Gasteiger partial charge >= 0.3 is 0 Å². The SMILES string of the molecule is CNC(=O)[C@@H]1Cc2cc(OC)c(OC)cc2CN1C(=O)[C@H](CC(C)C)Nc1ccc2c(cc1=O)[C@@H](NC(C)=O)CCc1cc(OC)c(OC)c(OC)c1-2. The van der Waals surface area contributed by atoms with Crippen LogP contribution in [0.5, 0.6) is 28.7 Å². The normalized spacial score (nSPS) is 16.5. The van der Waals surface area contributed by atoms with Crippen molar-refractivity contribution < 1.29 is 38.1 Å². The molecule has 3 amide bonds. The van der Waals surface area contributed by atoms with E-state index in [0.717, 1.165) is 22.3 Å². The number of anilines is 1. The number of rotatable bonds is 12. The van der Waals surface area contributed by atoms with Crippen LogP contribution >= 0.6 is 0 Å². The Balaban J connectivity index is 1.62. The molecule has 1 aliphatic heterocycles. The van der Waals surface area contributed by atoms with E-state index in [1.807, 2.05) is 38.1 Å². The van der Waals surface area contributed by atoms with Gasteiger partial charge in [0.25, 0.3) is 0 Å². The number of methoxy groups -OCH3 is 5. The third-order valence-electron chi connectivity index (χ3n) is 9.92. The van der Waals surface area contributed by atoms with Crippen molar-refractivity contribution in [2.24, 2.45) is 5.92 Å². The van der Waals surface area contributed by atoms with Gasteiger partial charge in [-0.05, 0) is 83.3 Å². The Hall–Kier alpha value is -5.46. The van der Waals surface area contributed by atoms with Gasteiger partial charge in [0.1, 0.15) is 12.1 Å². The van der Waals surface area contributed by atoms with E-state index in [2.05, 4.69) is 16.0 Å². The van der Waals surface area contributed by atoms with Crippen LogP contribution in [-0.2, 0) is 33.8 Å². The summed E-state index contributed by atoms with van der Waals surface area (Å²) in [7, 11) is 9.27. The highest BCUT2D eigenvalue weighted by atomic mass is 16.5. The van der Waals surface area contributed by atoms with Gasteiger partial charge in [0.05, 0.1) is 47.3 Å². The zero-order valence-corrected chi connectivity index (χ0v) is 31.9. The second-order valence-corrected chi connectivity index (χ2v) is 13.7. The predicted molar refractivity (Wildman–Crippen MR) is 201 cm³/mol. The molecule has 2 aliphatic rings. The molecule has 3 atom stereocenters. The van der Waals surface area contributed by atoms with Gasteiger partial charge in [-0.15, -0.1) is 0 Å². The lowest BCUT2D eigenvalue weighted by molar-refractivity contribution is -0.142.